The third-order valence-electron chi connectivity index (χ3n) is 1.33. The predicted octanol–water partition coefficient (Wildman–Crippen LogP) is 1.47. The second kappa shape index (κ2) is 3.41. The van der Waals surface area contributed by atoms with Crippen LogP contribution in [0.3, 0.4) is 0 Å². The van der Waals surface area contributed by atoms with E-state index >= 15 is 0 Å². The van der Waals surface area contributed by atoms with E-state index in [1.54, 1.807) is 0 Å². The average molecular weight is 229 g/mol. The number of nitrogens with zero attached hydrogens (tertiary/aromatic N) is 2. The van der Waals surface area contributed by atoms with E-state index in [-0.39, 0.29) is 12.1 Å². The van der Waals surface area contributed by atoms with Gasteiger partial charge in [0, 0.05) is 6.20 Å². The highest BCUT2D eigenvalue weighted by Crippen LogP contribution is 2.14. The number of rotatable bonds is 2. The van der Waals surface area contributed by atoms with Crippen LogP contribution in [0.2, 0.25) is 0 Å². The predicted molar refractivity (Wildman–Crippen MR) is 44.7 cm³/mol. The van der Waals surface area contributed by atoms with Crippen LogP contribution in [0.25, 0.3) is 0 Å². The monoisotopic (exact) mass is 228 g/mol. The van der Waals surface area contributed by atoms with Gasteiger partial charge < -0.3 is 9.67 Å². The Bertz CT molecular complexity index is 351. The van der Waals surface area contributed by atoms with Crippen LogP contribution >= 0.6 is 15.9 Å². The summed E-state index contributed by atoms with van der Waals surface area (Å²) in [6, 6.07) is 3.38. The fourth-order valence-corrected chi connectivity index (χ4v) is 1.27. The molecule has 0 aliphatic rings. The zero-order valence-corrected chi connectivity index (χ0v) is 7.58. The molecule has 62 valence electrons. The van der Waals surface area contributed by atoms with E-state index in [1.807, 2.05) is 6.07 Å². The summed E-state index contributed by atoms with van der Waals surface area (Å²) in [5.41, 5.74) is 0.178. The van der Waals surface area contributed by atoms with Crippen molar-refractivity contribution in [3.63, 3.8) is 0 Å². The van der Waals surface area contributed by atoms with Crippen molar-refractivity contribution < 1.29 is 9.90 Å². The maximum atomic E-state index is 10.5. The van der Waals surface area contributed by atoms with Crippen LogP contribution < -0.4 is 0 Å². The van der Waals surface area contributed by atoms with Gasteiger partial charge in [0.25, 0.3) is 0 Å². The van der Waals surface area contributed by atoms with Crippen molar-refractivity contribution in [2.45, 2.75) is 6.54 Å². The zero-order valence-electron chi connectivity index (χ0n) is 5.99. The summed E-state index contributed by atoms with van der Waals surface area (Å²) in [4.78, 5) is 10.5. The summed E-state index contributed by atoms with van der Waals surface area (Å²) in [7, 11) is 0. The van der Waals surface area contributed by atoms with E-state index in [1.165, 1.54) is 16.8 Å². The lowest BCUT2D eigenvalue weighted by Crippen LogP contribution is -1.95. The third kappa shape index (κ3) is 1.66. The highest BCUT2D eigenvalue weighted by Gasteiger charge is 2.08. The van der Waals surface area contributed by atoms with Gasteiger partial charge in [-0.05, 0) is 22.0 Å². The molecule has 0 amide bonds. The quantitative estimate of drug-likeness (QED) is 0.834. The van der Waals surface area contributed by atoms with Crippen LogP contribution in [-0.4, -0.2) is 15.6 Å². The minimum absolute atomic E-state index is 0.147. The lowest BCUT2D eigenvalue weighted by Gasteiger charge is -1.93. The number of nitriles is 1. The van der Waals surface area contributed by atoms with E-state index in [0.29, 0.717) is 4.60 Å². The van der Waals surface area contributed by atoms with Gasteiger partial charge in [0.15, 0.2) is 0 Å². The third-order valence-corrected chi connectivity index (χ3v) is 2.02. The zero-order chi connectivity index (χ0) is 9.14. The van der Waals surface area contributed by atoms with Gasteiger partial charge in [-0.2, -0.15) is 5.26 Å². The molecule has 1 aromatic rings. The Hall–Kier alpha value is -1.28. The minimum Gasteiger partial charge on any atom is -0.478 e. The number of carboxylic acid groups (broad SMARTS) is 1. The van der Waals surface area contributed by atoms with Gasteiger partial charge in [-0.3, -0.25) is 0 Å². The van der Waals surface area contributed by atoms with E-state index in [9.17, 15) is 4.79 Å². The first kappa shape index (κ1) is 8.81. The summed E-state index contributed by atoms with van der Waals surface area (Å²) >= 11 is 3.13. The molecule has 1 rings (SSSR count). The number of carboxylic acids is 1. The van der Waals surface area contributed by atoms with Crippen LogP contribution in [0, 0.1) is 11.3 Å². The fourth-order valence-electron chi connectivity index (χ4n) is 0.792. The molecule has 0 aliphatic carbocycles. The lowest BCUT2D eigenvalue weighted by atomic mass is 10.4. The summed E-state index contributed by atoms with van der Waals surface area (Å²) in [6.45, 7) is 0.147. The normalized spacial score (nSPS) is 9.33. The Kier molecular flexibility index (Phi) is 2.51. The largest absolute Gasteiger partial charge is 0.478 e. The molecule has 5 heteroatoms. The highest BCUT2D eigenvalue weighted by molar-refractivity contribution is 9.10. The molecule has 0 saturated heterocycles. The van der Waals surface area contributed by atoms with Gasteiger partial charge >= 0.3 is 5.97 Å². The van der Waals surface area contributed by atoms with Crippen LogP contribution in [0.1, 0.15) is 10.4 Å². The first-order chi connectivity index (χ1) is 5.65. The Morgan fingerprint density at radius 3 is 2.92 bits per heavy atom. The highest BCUT2D eigenvalue weighted by atomic mass is 79.9. The molecule has 0 fully saturated rings. The van der Waals surface area contributed by atoms with Gasteiger partial charge in [-0.1, -0.05) is 0 Å². The van der Waals surface area contributed by atoms with Crippen molar-refractivity contribution in [3.8, 4) is 6.07 Å². The van der Waals surface area contributed by atoms with Gasteiger partial charge in [-0.25, -0.2) is 4.79 Å². The number of carbonyl (C=O) groups is 1. The number of hydrogen-bond donors (Lipinski definition) is 1. The molecule has 12 heavy (non-hydrogen) atoms. The van der Waals surface area contributed by atoms with Crippen LogP contribution in [0.5, 0.6) is 0 Å². The number of aromatic nitrogens is 1. The second-order valence-electron chi connectivity index (χ2n) is 2.14. The van der Waals surface area contributed by atoms with E-state index in [2.05, 4.69) is 15.9 Å². The Morgan fingerprint density at radius 1 is 1.83 bits per heavy atom. The van der Waals surface area contributed by atoms with Crippen molar-refractivity contribution in [2.24, 2.45) is 0 Å². The molecular weight excluding hydrogens is 224 g/mol. The lowest BCUT2D eigenvalue weighted by molar-refractivity contribution is 0.0697. The SMILES string of the molecule is N#CCn1cc(C(=O)O)cc1Br. The first-order valence-corrected chi connectivity index (χ1v) is 3.90. The van der Waals surface area contributed by atoms with E-state index < -0.39 is 5.97 Å². The summed E-state index contributed by atoms with van der Waals surface area (Å²) in [5, 5.41) is 16.9. The van der Waals surface area contributed by atoms with Crippen LogP contribution in [-0.2, 0) is 6.54 Å². The molecule has 0 radical (unpaired) electrons. The van der Waals surface area contributed by atoms with Gasteiger partial charge in [0.05, 0.1) is 16.2 Å². The standard InChI is InChI=1S/C7H5BrN2O2/c8-6-3-5(7(11)12)4-10(6)2-1-9/h3-4H,2H2,(H,11,12). The molecular formula is C7H5BrN2O2. The maximum Gasteiger partial charge on any atom is 0.337 e. The molecule has 0 spiro atoms. The maximum absolute atomic E-state index is 10.5. The number of hydrogen-bond acceptors (Lipinski definition) is 2. The molecule has 1 aromatic heterocycles. The van der Waals surface area contributed by atoms with Crippen LogP contribution in [0.4, 0.5) is 0 Å². The number of aromatic carboxylic acids is 1. The fraction of sp³-hybridized carbons (Fsp3) is 0.143. The summed E-state index contributed by atoms with van der Waals surface area (Å²) in [6.07, 6.45) is 1.41. The first-order valence-electron chi connectivity index (χ1n) is 3.11. The van der Waals surface area contributed by atoms with Gasteiger partial charge in [-0.15, -0.1) is 0 Å². The van der Waals surface area contributed by atoms with E-state index in [4.69, 9.17) is 10.4 Å². The Morgan fingerprint density at radius 2 is 2.50 bits per heavy atom. The molecule has 1 heterocycles. The average Bonchev–Trinajstić information content (AvgIpc) is 2.34. The van der Waals surface area contributed by atoms with Crippen LogP contribution in [0.15, 0.2) is 16.9 Å². The molecule has 1 N–H and O–H groups in total. The molecule has 0 aromatic carbocycles. The van der Waals surface area contributed by atoms with Crippen molar-refractivity contribution >= 4 is 21.9 Å². The smallest absolute Gasteiger partial charge is 0.337 e. The topological polar surface area (TPSA) is 66.0 Å². The number of halogens is 1. The van der Waals surface area contributed by atoms with Gasteiger partial charge in [0.2, 0.25) is 0 Å². The molecule has 4 nitrogen and oxygen atoms in total. The van der Waals surface area contributed by atoms with Gasteiger partial charge in [0.1, 0.15) is 6.54 Å². The summed E-state index contributed by atoms with van der Waals surface area (Å²) < 4.78 is 2.12. The summed E-state index contributed by atoms with van der Waals surface area (Å²) in [5.74, 6) is -0.993. The minimum atomic E-state index is -0.993. The Labute approximate surface area is 77.2 Å². The molecule has 0 aliphatic heterocycles. The Balaban J connectivity index is 3.02. The van der Waals surface area contributed by atoms with Crippen molar-refractivity contribution in [1.82, 2.24) is 4.57 Å². The molecule has 0 bridgehead atoms. The van der Waals surface area contributed by atoms with Crippen molar-refractivity contribution in [1.29, 1.82) is 5.26 Å². The van der Waals surface area contributed by atoms with Crippen molar-refractivity contribution in [2.75, 3.05) is 0 Å². The molecule has 0 saturated carbocycles. The van der Waals surface area contributed by atoms with Crippen molar-refractivity contribution in [3.05, 3.63) is 22.4 Å². The second-order valence-corrected chi connectivity index (χ2v) is 2.96. The molecule has 0 unspecified atom stereocenters. The molecule has 0 atom stereocenters. The van der Waals surface area contributed by atoms with E-state index in [0.717, 1.165) is 0 Å².